The summed E-state index contributed by atoms with van der Waals surface area (Å²) in [4.78, 5) is 14.2. The summed E-state index contributed by atoms with van der Waals surface area (Å²) < 4.78 is 40.3. The average Bonchev–Trinajstić information content (AvgIpc) is 3.04. The maximum Gasteiger partial charge on any atom is 0.417 e. The molecule has 1 atom stereocenters. The van der Waals surface area contributed by atoms with Crippen molar-refractivity contribution in [2.45, 2.75) is 30.1 Å². The normalized spacial score (nSPS) is 12.9. The zero-order valence-corrected chi connectivity index (χ0v) is 16.5. The lowest BCUT2D eigenvalue weighted by Crippen LogP contribution is -2.32. The number of hydrogen-bond acceptors (Lipinski definition) is 4. The van der Waals surface area contributed by atoms with Gasteiger partial charge in [0.1, 0.15) is 0 Å². The molecule has 10 heteroatoms. The Morgan fingerprint density at radius 2 is 1.96 bits per heavy atom. The van der Waals surface area contributed by atoms with Gasteiger partial charge in [0.15, 0.2) is 10.8 Å². The molecule has 0 aliphatic heterocycles. The number of benzene rings is 1. The van der Waals surface area contributed by atoms with Crippen LogP contribution in [-0.2, 0) is 17.5 Å². The fraction of sp³-hybridized carbons (Fsp3) is 0.278. The third kappa shape index (κ3) is 4.41. The van der Waals surface area contributed by atoms with Crippen molar-refractivity contribution in [1.29, 1.82) is 0 Å². The van der Waals surface area contributed by atoms with Gasteiger partial charge >= 0.3 is 6.18 Å². The standard InChI is InChI=1S/C18H16ClF3N4OS/c1-11(16(27)25(2)9-12-6-4-3-5-7-12)28-17-24-23-15-14(19)8-13(10-26(15)17)18(20,21)22/h3-8,10-11H,9H2,1-2H3/t11-/m0/s1. The molecular weight excluding hydrogens is 413 g/mol. The molecule has 3 aromatic rings. The fourth-order valence-corrected chi connectivity index (χ4v) is 3.81. The fourth-order valence-electron chi connectivity index (χ4n) is 2.62. The van der Waals surface area contributed by atoms with E-state index in [4.69, 9.17) is 11.6 Å². The Hall–Kier alpha value is -2.26. The van der Waals surface area contributed by atoms with Gasteiger partial charge in [-0.05, 0) is 18.6 Å². The van der Waals surface area contributed by atoms with Crippen LogP contribution in [0.3, 0.4) is 0 Å². The molecule has 0 bridgehead atoms. The minimum Gasteiger partial charge on any atom is -0.340 e. The van der Waals surface area contributed by atoms with E-state index in [9.17, 15) is 18.0 Å². The third-order valence-corrected chi connectivity index (χ3v) is 5.35. The van der Waals surface area contributed by atoms with Crippen molar-refractivity contribution in [3.8, 4) is 0 Å². The van der Waals surface area contributed by atoms with Crippen molar-refractivity contribution in [3.63, 3.8) is 0 Å². The molecule has 0 unspecified atom stereocenters. The number of carbonyl (C=O) groups excluding carboxylic acids is 1. The van der Waals surface area contributed by atoms with Crippen LogP contribution in [0.25, 0.3) is 5.65 Å². The first kappa shape index (κ1) is 20.5. The number of aromatic nitrogens is 3. The predicted octanol–water partition coefficient (Wildman–Crippen LogP) is 4.54. The number of amides is 1. The molecule has 0 saturated carbocycles. The molecule has 0 aliphatic rings. The molecule has 0 fully saturated rings. The van der Waals surface area contributed by atoms with Crippen LogP contribution >= 0.6 is 23.4 Å². The predicted molar refractivity (Wildman–Crippen MR) is 101 cm³/mol. The Labute approximate surface area is 168 Å². The van der Waals surface area contributed by atoms with Crippen molar-refractivity contribution < 1.29 is 18.0 Å². The minimum absolute atomic E-state index is 0.106. The molecule has 0 saturated heterocycles. The number of thioether (sulfide) groups is 1. The van der Waals surface area contributed by atoms with Gasteiger partial charge < -0.3 is 4.90 Å². The van der Waals surface area contributed by atoms with Crippen LogP contribution in [0.5, 0.6) is 0 Å². The molecule has 0 aliphatic carbocycles. The average molecular weight is 429 g/mol. The van der Waals surface area contributed by atoms with Gasteiger partial charge in [-0.2, -0.15) is 13.2 Å². The number of hydrogen-bond donors (Lipinski definition) is 0. The first-order valence-electron chi connectivity index (χ1n) is 8.24. The topological polar surface area (TPSA) is 50.5 Å². The molecule has 3 rings (SSSR count). The van der Waals surface area contributed by atoms with Crippen LogP contribution in [0.4, 0.5) is 13.2 Å². The van der Waals surface area contributed by atoms with Crippen molar-refractivity contribution in [2.24, 2.45) is 0 Å². The van der Waals surface area contributed by atoms with Gasteiger partial charge in [-0.1, -0.05) is 53.7 Å². The summed E-state index contributed by atoms with van der Waals surface area (Å²) in [6.07, 6.45) is -3.67. The molecule has 5 nitrogen and oxygen atoms in total. The van der Waals surface area contributed by atoms with E-state index in [1.807, 2.05) is 30.3 Å². The molecule has 0 spiro atoms. The second-order valence-corrected chi connectivity index (χ2v) is 7.91. The number of carbonyl (C=O) groups is 1. The molecule has 28 heavy (non-hydrogen) atoms. The second-order valence-electron chi connectivity index (χ2n) is 6.19. The lowest BCUT2D eigenvalue weighted by atomic mass is 10.2. The highest BCUT2D eigenvalue weighted by Crippen LogP contribution is 2.34. The first-order chi connectivity index (χ1) is 13.2. The van der Waals surface area contributed by atoms with Crippen LogP contribution < -0.4 is 0 Å². The number of halogens is 4. The van der Waals surface area contributed by atoms with Crippen molar-refractivity contribution in [2.75, 3.05) is 7.05 Å². The van der Waals surface area contributed by atoms with Gasteiger partial charge in [-0.25, -0.2) is 0 Å². The Morgan fingerprint density at radius 1 is 1.29 bits per heavy atom. The van der Waals surface area contributed by atoms with Gasteiger partial charge in [0.25, 0.3) is 0 Å². The van der Waals surface area contributed by atoms with Gasteiger partial charge in [0.05, 0.1) is 15.8 Å². The summed E-state index contributed by atoms with van der Waals surface area (Å²) in [5.41, 5.74) is 0.173. The maximum atomic E-state index is 13.1. The molecule has 0 radical (unpaired) electrons. The highest BCUT2D eigenvalue weighted by Gasteiger charge is 2.32. The van der Waals surface area contributed by atoms with E-state index >= 15 is 0 Å². The highest BCUT2D eigenvalue weighted by molar-refractivity contribution is 8.00. The quantitative estimate of drug-likeness (QED) is 0.560. The van der Waals surface area contributed by atoms with E-state index in [0.29, 0.717) is 6.54 Å². The van der Waals surface area contributed by atoms with Crippen molar-refractivity contribution in [1.82, 2.24) is 19.5 Å². The molecule has 2 heterocycles. The Bertz CT molecular complexity index is 994. The Balaban J connectivity index is 1.79. The number of pyridine rings is 1. The Morgan fingerprint density at radius 3 is 2.61 bits per heavy atom. The second kappa shape index (κ2) is 8.00. The molecule has 1 aromatic carbocycles. The summed E-state index contributed by atoms with van der Waals surface area (Å²) in [6, 6.07) is 10.3. The van der Waals surface area contributed by atoms with E-state index in [1.54, 1.807) is 18.9 Å². The monoisotopic (exact) mass is 428 g/mol. The van der Waals surface area contributed by atoms with E-state index in [2.05, 4.69) is 10.2 Å². The lowest BCUT2D eigenvalue weighted by molar-refractivity contribution is -0.138. The van der Waals surface area contributed by atoms with Gasteiger partial charge in [0, 0.05) is 19.8 Å². The van der Waals surface area contributed by atoms with Crippen LogP contribution in [0.1, 0.15) is 18.1 Å². The summed E-state index contributed by atoms with van der Waals surface area (Å²) in [6.45, 7) is 2.10. The summed E-state index contributed by atoms with van der Waals surface area (Å²) in [7, 11) is 1.67. The number of nitrogens with zero attached hydrogens (tertiary/aromatic N) is 4. The van der Waals surface area contributed by atoms with Gasteiger partial charge in [0.2, 0.25) is 5.91 Å². The summed E-state index contributed by atoms with van der Waals surface area (Å²) in [5, 5.41) is 7.16. The van der Waals surface area contributed by atoms with Gasteiger partial charge in [-0.15, -0.1) is 10.2 Å². The smallest absolute Gasteiger partial charge is 0.340 e. The number of fused-ring (bicyclic) bond motifs is 1. The van der Waals surface area contributed by atoms with Crippen LogP contribution in [-0.4, -0.2) is 37.7 Å². The van der Waals surface area contributed by atoms with Gasteiger partial charge in [-0.3, -0.25) is 9.20 Å². The summed E-state index contributed by atoms with van der Waals surface area (Å²) >= 11 is 6.94. The maximum absolute atomic E-state index is 13.1. The number of alkyl halides is 3. The molecule has 148 valence electrons. The minimum atomic E-state index is -4.55. The van der Waals surface area contributed by atoms with Crippen LogP contribution in [0.2, 0.25) is 5.02 Å². The van der Waals surface area contributed by atoms with E-state index in [-0.39, 0.29) is 21.7 Å². The highest BCUT2D eigenvalue weighted by atomic mass is 35.5. The molecule has 0 N–H and O–H groups in total. The number of rotatable bonds is 5. The van der Waals surface area contributed by atoms with Crippen LogP contribution in [0.15, 0.2) is 47.8 Å². The molecular formula is C18H16ClF3N4OS. The third-order valence-electron chi connectivity index (χ3n) is 4.02. The summed E-state index contributed by atoms with van der Waals surface area (Å²) in [5.74, 6) is -0.177. The van der Waals surface area contributed by atoms with E-state index < -0.39 is 17.0 Å². The molecule has 2 aromatic heterocycles. The lowest BCUT2D eigenvalue weighted by Gasteiger charge is -2.20. The zero-order valence-electron chi connectivity index (χ0n) is 14.9. The van der Waals surface area contributed by atoms with E-state index in [0.717, 1.165) is 34.0 Å². The first-order valence-corrected chi connectivity index (χ1v) is 9.49. The zero-order chi connectivity index (χ0) is 20.5. The van der Waals surface area contributed by atoms with E-state index in [1.165, 1.54) is 0 Å². The molecule has 1 amide bonds. The van der Waals surface area contributed by atoms with Crippen LogP contribution in [0, 0.1) is 0 Å². The SMILES string of the molecule is C[C@H](Sc1nnc2c(Cl)cc(C(F)(F)F)cn12)C(=O)N(C)Cc1ccccc1. The van der Waals surface area contributed by atoms with Crippen molar-refractivity contribution in [3.05, 3.63) is 58.7 Å². The largest absolute Gasteiger partial charge is 0.417 e. The Kier molecular flexibility index (Phi) is 5.85. The van der Waals surface area contributed by atoms with Crippen molar-refractivity contribution >= 4 is 34.9 Å².